The van der Waals surface area contributed by atoms with Gasteiger partial charge in [-0.25, -0.2) is 18.7 Å². The molecule has 208 valence electrons. The van der Waals surface area contributed by atoms with Crippen molar-refractivity contribution in [3.63, 3.8) is 0 Å². The lowest BCUT2D eigenvalue weighted by Crippen LogP contribution is -2.61. The minimum Gasteiger partial charge on any atom is -0.478 e. The van der Waals surface area contributed by atoms with Crippen LogP contribution in [0.3, 0.4) is 0 Å². The quantitative estimate of drug-likeness (QED) is 0.471. The van der Waals surface area contributed by atoms with Gasteiger partial charge in [0, 0.05) is 29.9 Å². The molecule has 1 saturated heterocycles. The van der Waals surface area contributed by atoms with Gasteiger partial charge >= 0.3 is 5.69 Å². The number of pyridine rings is 1. The third-order valence-electron chi connectivity index (χ3n) is 6.81. The molecule has 0 radical (unpaired) electrons. The molecule has 1 aromatic carbocycles. The van der Waals surface area contributed by atoms with Crippen LogP contribution in [0.4, 0.5) is 0 Å². The molecular formula is C29H30N4O6S. The highest BCUT2D eigenvalue weighted by Crippen LogP contribution is 2.31. The molecule has 0 saturated carbocycles. The van der Waals surface area contributed by atoms with Crippen LogP contribution in [-0.2, 0) is 28.7 Å². The van der Waals surface area contributed by atoms with Crippen LogP contribution in [0.2, 0.25) is 0 Å². The summed E-state index contributed by atoms with van der Waals surface area (Å²) in [6.07, 6.45) is 1.97. The molecule has 3 aromatic rings. The molecule has 11 heteroatoms. The predicted molar refractivity (Wildman–Crippen MR) is 149 cm³/mol. The number of fused-ring (bicyclic) bond motifs is 4. The molecular weight excluding hydrogens is 532 g/mol. The van der Waals surface area contributed by atoms with Crippen molar-refractivity contribution in [3.05, 3.63) is 64.2 Å². The van der Waals surface area contributed by atoms with E-state index in [0.29, 0.717) is 37.8 Å². The number of benzene rings is 1. The van der Waals surface area contributed by atoms with Crippen molar-refractivity contribution in [3.8, 4) is 40.6 Å². The molecule has 2 unspecified atom stereocenters. The smallest absolute Gasteiger partial charge is 0.351 e. The number of nitrogens with zero attached hydrogens (tertiary/aromatic N) is 3. The van der Waals surface area contributed by atoms with Crippen molar-refractivity contribution in [2.24, 2.45) is 0 Å². The molecule has 3 aliphatic rings. The van der Waals surface area contributed by atoms with Gasteiger partial charge in [0.15, 0.2) is 11.9 Å². The normalized spacial score (nSPS) is 19.2. The monoisotopic (exact) mass is 562 g/mol. The molecule has 5 heterocycles. The Morgan fingerprint density at radius 1 is 1.25 bits per heavy atom. The summed E-state index contributed by atoms with van der Waals surface area (Å²) in [6.45, 7) is 7.51. The van der Waals surface area contributed by atoms with Gasteiger partial charge in [0.2, 0.25) is 5.88 Å². The Morgan fingerprint density at radius 3 is 2.88 bits per heavy atom. The fraction of sp³-hybridized carbons (Fsp3) is 0.414. The van der Waals surface area contributed by atoms with E-state index in [1.165, 1.54) is 0 Å². The van der Waals surface area contributed by atoms with Gasteiger partial charge in [-0.1, -0.05) is 17.9 Å². The zero-order chi connectivity index (χ0) is 27.9. The molecule has 1 N–H and O–H groups in total. The average Bonchev–Trinajstić information content (AvgIpc) is 2.92. The number of nitrogens with one attached hydrogen (secondary N) is 1. The maximum atomic E-state index is 12.8. The molecule has 2 aromatic heterocycles. The van der Waals surface area contributed by atoms with Crippen molar-refractivity contribution < 1.29 is 23.2 Å². The van der Waals surface area contributed by atoms with Crippen LogP contribution in [-0.4, -0.2) is 61.6 Å². The Bertz CT molecular complexity index is 1600. The number of ether oxygens (including phenoxy) is 4. The van der Waals surface area contributed by atoms with E-state index >= 15 is 0 Å². The summed E-state index contributed by atoms with van der Waals surface area (Å²) in [7, 11) is -1.26. The van der Waals surface area contributed by atoms with Gasteiger partial charge in [-0.3, -0.25) is 4.57 Å². The molecule has 2 atom stereocenters. The Balaban J connectivity index is 1.19. The average molecular weight is 563 g/mol. The zero-order valence-electron chi connectivity index (χ0n) is 22.6. The maximum absolute atomic E-state index is 12.8. The fourth-order valence-corrected chi connectivity index (χ4v) is 5.39. The Morgan fingerprint density at radius 2 is 2.10 bits per heavy atom. The molecule has 6 rings (SSSR count). The summed E-state index contributed by atoms with van der Waals surface area (Å²) in [5.74, 6) is 7.75. The maximum Gasteiger partial charge on any atom is 0.351 e. The first-order valence-electron chi connectivity index (χ1n) is 13.1. The molecule has 3 aliphatic heterocycles. The van der Waals surface area contributed by atoms with E-state index in [0.717, 1.165) is 22.4 Å². The van der Waals surface area contributed by atoms with Crippen molar-refractivity contribution in [1.82, 2.24) is 19.3 Å². The molecule has 0 amide bonds. The third kappa shape index (κ3) is 5.35. The van der Waals surface area contributed by atoms with Crippen LogP contribution in [0.15, 0.2) is 47.4 Å². The van der Waals surface area contributed by atoms with E-state index in [-0.39, 0.29) is 30.9 Å². The Hall–Kier alpha value is -3.72. The summed E-state index contributed by atoms with van der Waals surface area (Å²) >= 11 is 0. The predicted octanol–water partition coefficient (Wildman–Crippen LogP) is 2.25. The minimum atomic E-state index is -1.26. The highest BCUT2D eigenvalue weighted by atomic mass is 32.2. The number of rotatable bonds is 5. The summed E-state index contributed by atoms with van der Waals surface area (Å²) in [5.41, 5.74) is 2.63. The van der Waals surface area contributed by atoms with Gasteiger partial charge in [-0.15, -0.1) is 0 Å². The van der Waals surface area contributed by atoms with Crippen molar-refractivity contribution >= 4 is 11.0 Å². The van der Waals surface area contributed by atoms with E-state index in [9.17, 15) is 9.00 Å². The molecule has 0 spiro atoms. The molecule has 40 heavy (non-hydrogen) atoms. The largest absolute Gasteiger partial charge is 0.478 e. The first-order valence-corrected chi connectivity index (χ1v) is 14.3. The van der Waals surface area contributed by atoms with E-state index in [1.807, 2.05) is 39.0 Å². The van der Waals surface area contributed by atoms with Crippen LogP contribution in [0.5, 0.6) is 17.5 Å². The topological polar surface area (TPSA) is 114 Å². The number of hydrogen-bond donors (Lipinski definition) is 1. The minimum absolute atomic E-state index is 0.172. The van der Waals surface area contributed by atoms with Gasteiger partial charge in [0.25, 0.3) is 5.88 Å². The van der Waals surface area contributed by atoms with Gasteiger partial charge < -0.3 is 18.9 Å². The first-order chi connectivity index (χ1) is 19.2. The zero-order valence-corrected chi connectivity index (χ0v) is 23.4. The summed E-state index contributed by atoms with van der Waals surface area (Å²) < 4.78 is 39.9. The number of aryl methyl sites for hydroxylation is 1. The molecule has 0 bridgehead atoms. The van der Waals surface area contributed by atoms with E-state index < -0.39 is 21.3 Å². The molecule has 1 fully saturated rings. The van der Waals surface area contributed by atoms with Gasteiger partial charge in [0.05, 0.1) is 34.6 Å². The highest BCUT2D eigenvalue weighted by Gasteiger charge is 2.40. The summed E-state index contributed by atoms with van der Waals surface area (Å²) in [5, 5.41) is 0. The number of hydrogen-bond acceptors (Lipinski definition) is 8. The van der Waals surface area contributed by atoms with Crippen LogP contribution in [0.25, 0.3) is 11.3 Å². The van der Waals surface area contributed by atoms with Crippen LogP contribution in [0.1, 0.15) is 31.9 Å². The standard InChI is InChI=1S/C29H30N4O6S/c1-28(2,3)40(35)32-29(17-36-18-29)10-8-19-6-7-22-20(13-19)9-12-33-23(22)14-25(31-27(33)34)37-15-21-16-38-26-24(39-21)5-4-11-30-26/h4-7,11,13-14,21,32H,9,12,15-18H2,1-3H3. The first kappa shape index (κ1) is 26.5. The van der Waals surface area contributed by atoms with E-state index in [2.05, 4.69) is 26.5 Å². The van der Waals surface area contributed by atoms with Crippen LogP contribution >= 0.6 is 0 Å². The fourth-order valence-electron chi connectivity index (χ4n) is 4.56. The second-order valence-electron chi connectivity index (χ2n) is 11.0. The third-order valence-corrected chi connectivity index (χ3v) is 8.50. The molecule has 0 aliphatic carbocycles. The Kier molecular flexibility index (Phi) is 6.86. The lowest BCUT2D eigenvalue weighted by molar-refractivity contribution is -0.0309. The summed E-state index contributed by atoms with van der Waals surface area (Å²) in [6, 6.07) is 11.3. The van der Waals surface area contributed by atoms with Crippen molar-refractivity contribution in [2.45, 2.75) is 50.1 Å². The van der Waals surface area contributed by atoms with E-state index in [1.54, 1.807) is 29.0 Å². The van der Waals surface area contributed by atoms with Crippen molar-refractivity contribution in [2.75, 3.05) is 26.4 Å². The van der Waals surface area contributed by atoms with Gasteiger partial charge in [-0.05, 0) is 57.0 Å². The second kappa shape index (κ2) is 10.4. The second-order valence-corrected chi connectivity index (χ2v) is 13.0. The van der Waals surface area contributed by atoms with Gasteiger partial charge in [0.1, 0.15) is 18.8 Å². The SMILES string of the molecule is CC(C)(C)S(=O)NC1(C#Cc2ccc3c(c2)CCn2c-3cc(OCC3COc4ncccc4O3)nc2=O)COC1. The van der Waals surface area contributed by atoms with Gasteiger partial charge in [-0.2, -0.15) is 4.98 Å². The lowest BCUT2D eigenvalue weighted by Gasteiger charge is -2.38. The number of aromatic nitrogens is 3. The highest BCUT2D eigenvalue weighted by molar-refractivity contribution is 7.84. The Labute approximate surface area is 234 Å². The summed E-state index contributed by atoms with van der Waals surface area (Å²) in [4.78, 5) is 21.1. The van der Waals surface area contributed by atoms with Crippen LogP contribution < -0.4 is 24.6 Å². The van der Waals surface area contributed by atoms with Crippen LogP contribution in [0, 0.1) is 11.8 Å². The van der Waals surface area contributed by atoms with E-state index in [4.69, 9.17) is 18.9 Å². The lowest BCUT2D eigenvalue weighted by atomic mass is 9.94. The molecule has 10 nitrogen and oxygen atoms in total. The van der Waals surface area contributed by atoms with Crippen molar-refractivity contribution in [1.29, 1.82) is 0 Å².